The van der Waals surface area contributed by atoms with Gasteiger partial charge in [0.2, 0.25) is 0 Å². The molecule has 0 fully saturated rings. The van der Waals surface area contributed by atoms with Crippen LogP contribution < -0.4 is 0 Å². The summed E-state index contributed by atoms with van der Waals surface area (Å²) in [6, 6.07) is 31.6. The maximum atomic E-state index is 5.47. The molecule has 0 aliphatic carbocycles. The Balaban J connectivity index is 2.43. The summed E-state index contributed by atoms with van der Waals surface area (Å²) in [5.41, 5.74) is 3.91. The Bertz CT molecular complexity index is 816. The van der Waals surface area contributed by atoms with Crippen LogP contribution in [0.3, 0.4) is 0 Å². The van der Waals surface area contributed by atoms with Gasteiger partial charge in [-0.2, -0.15) is 0 Å². The number of hydrogen-bond donors (Lipinski definition) is 0. The van der Waals surface area contributed by atoms with Crippen LogP contribution in [0.4, 0.5) is 0 Å². The normalized spacial score (nSPS) is 12.7. The molecule has 0 aliphatic heterocycles. The van der Waals surface area contributed by atoms with Crippen LogP contribution in [0.1, 0.15) is 23.6 Å². The lowest BCUT2D eigenvalue weighted by Gasteiger charge is -2.36. The molecule has 2 heteroatoms. The molecule has 2 nitrogen and oxygen atoms in total. The second-order valence-corrected chi connectivity index (χ2v) is 6.42. The van der Waals surface area contributed by atoms with Crippen LogP contribution in [0.25, 0.3) is 0 Å². The molecule has 0 saturated heterocycles. The van der Waals surface area contributed by atoms with Gasteiger partial charge in [-0.25, -0.2) is 0 Å². The second kappa shape index (κ2) is 8.50. The van der Waals surface area contributed by atoms with E-state index in [1.807, 2.05) is 38.2 Å². The summed E-state index contributed by atoms with van der Waals surface area (Å²) in [4.78, 5) is 4.74. The molecule has 3 aromatic rings. The van der Waals surface area contributed by atoms with E-state index in [4.69, 9.17) is 9.73 Å². The molecular weight excluding hydrogens is 330 g/mol. The summed E-state index contributed by atoms with van der Waals surface area (Å²) in [6.07, 6.45) is 2.03. The van der Waals surface area contributed by atoms with E-state index in [9.17, 15) is 0 Å². The van der Waals surface area contributed by atoms with Crippen molar-refractivity contribution in [3.63, 3.8) is 0 Å². The summed E-state index contributed by atoms with van der Waals surface area (Å²) < 4.78 is 5.47. The molecule has 0 heterocycles. The number of methoxy groups -OCH3 is 1. The molecule has 27 heavy (non-hydrogen) atoms. The van der Waals surface area contributed by atoms with Crippen molar-refractivity contribution in [2.24, 2.45) is 4.99 Å². The highest BCUT2D eigenvalue weighted by Crippen LogP contribution is 2.41. The molecule has 3 aromatic carbocycles. The summed E-state index contributed by atoms with van der Waals surface area (Å²) in [5, 5.41) is 0. The molecule has 0 saturated carbocycles. The molecule has 0 aliphatic rings. The Labute approximate surface area is 161 Å². The number of aliphatic imine (C=N–C) groups is 1. The number of allylic oxidation sites excluding steroid dienone is 2. The van der Waals surface area contributed by atoms with E-state index in [1.165, 1.54) is 16.7 Å². The summed E-state index contributed by atoms with van der Waals surface area (Å²) in [5.74, 6) is 0.822. The van der Waals surface area contributed by atoms with Crippen LogP contribution in [-0.4, -0.2) is 19.9 Å². The molecule has 0 N–H and O–H groups in total. The summed E-state index contributed by atoms with van der Waals surface area (Å²) >= 11 is 0. The molecule has 0 unspecified atom stereocenters. The zero-order chi connectivity index (χ0) is 19.1. The average molecular weight is 355 g/mol. The third-order valence-corrected chi connectivity index (χ3v) is 4.91. The number of ether oxygens (including phenoxy) is 1. The van der Waals surface area contributed by atoms with Gasteiger partial charge in [-0.3, -0.25) is 4.99 Å². The maximum absolute atomic E-state index is 5.47. The van der Waals surface area contributed by atoms with Gasteiger partial charge in [0.05, 0.1) is 24.0 Å². The third-order valence-electron chi connectivity index (χ3n) is 4.91. The first-order valence-corrected chi connectivity index (χ1v) is 9.09. The molecule has 136 valence electrons. The minimum Gasteiger partial charge on any atom is -0.501 e. The van der Waals surface area contributed by atoms with Gasteiger partial charge in [0.25, 0.3) is 0 Å². The van der Waals surface area contributed by atoms with Crippen molar-refractivity contribution >= 4 is 5.71 Å². The van der Waals surface area contributed by atoms with Gasteiger partial charge in [-0.1, -0.05) is 91.0 Å². The van der Waals surface area contributed by atoms with Gasteiger partial charge in [0.1, 0.15) is 0 Å². The van der Waals surface area contributed by atoms with Gasteiger partial charge in [0.15, 0.2) is 0 Å². The largest absolute Gasteiger partial charge is 0.501 e. The van der Waals surface area contributed by atoms with Crippen LogP contribution >= 0.6 is 0 Å². The van der Waals surface area contributed by atoms with Gasteiger partial charge >= 0.3 is 0 Å². The fraction of sp³-hybridized carbons (Fsp3) is 0.160. The van der Waals surface area contributed by atoms with Gasteiger partial charge < -0.3 is 4.74 Å². The molecule has 0 radical (unpaired) electrons. The van der Waals surface area contributed by atoms with E-state index in [0.29, 0.717) is 0 Å². The predicted octanol–water partition coefficient (Wildman–Crippen LogP) is 5.64. The highest BCUT2D eigenvalue weighted by atomic mass is 16.5. The fourth-order valence-corrected chi connectivity index (χ4v) is 3.60. The standard InChI is InChI=1S/C25H25NO/c1-20(27-3)19-24(26-2)25(21-13-7-4-8-14-21,22-15-9-5-10-16-22)23-17-11-6-12-18-23/h4-19H,1-3H3/b20-19-,26-24-. The Kier molecular flexibility index (Phi) is 5.87. The van der Waals surface area contributed by atoms with Gasteiger partial charge in [-0.15, -0.1) is 0 Å². The smallest absolute Gasteiger partial charge is 0.0943 e. The van der Waals surface area contributed by atoms with E-state index < -0.39 is 5.41 Å². The van der Waals surface area contributed by atoms with E-state index in [1.54, 1.807) is 7.11 Å². The number of hydrogen-bond acceptors (Lipinski definition) is 2. The average Bonchev–Trinajstić information content (AvgIpc) is 2.75. The van der Waals surface area contributed by atoms with Crippen molar-refractivity contribution in [1.29, 1.82) is 0 Å². The van der Waals surface area contributed by atoms with Crippen molar-refractivity contribution in [2.45, 2.75) is 12.3 Å². The van der Waals surface area contributed by atoms with Crippen LogP contribution in [-0.2, 0) is 10.2 Å². The summed E-state index contributed by atoms with van der Waals surface area (Å²) in [7, 11) is 3.53. The van der Waals surface area contributed by atoms with Crippen molar-refractivity contribution in [1.82, 2.24) is 0 Å². The first-order valence-electron chi connectivity index (χ1n) is 9.09. The minimum absolute atomic E-state index is 0.529. The van der Waals surface area contributed by atoms with Gasteiger partial charge in [-0.05, 0) is 29.7 Å². The van der Waals surface area contributed by atoms with Crippen molar-refractivity contribution in [2.75, 3.05) is 14.2 Å². The monoisotopic (exact) mass is 355 g/mol. The van der Waals surface area contributed by atoms with Crippen molar-refractivity contribution in [3.8, 4) is 0 Å². The minimum atomic E-state index is -0.529. The lowest BCUT2D eigenvalue weighted by molar-refractivity contribution is 0.294. The number of rotatable bonds is 6. The van der Waals surface area contributed by atoms with Crippen LogP contribution in [0, 0.1) is 0 Å². The third kappa shape index (κ3) is 3.56. The summed E-state index contributed by atoms with van der Waals surface area (Å²) in [6.45, 7) is 1.96. The van der Waals surface area contributed by atoms with Gasteiger partial charge in [0, 0.05) is 7.05 Å². The van der Waals surface area contributed by atoms with Crippen LogP contribution in [0.5, 0.6) is 0 Å². The van der Waals surface area contributed by atoms with Crippen LogP contribution in [0.2, 0.25) is 0 Å². The topological polar surface area (TPSA) is 21.6 Å². The Morgan fingerprint density at radius 3 is 1.41 bits per heavy atom. The van der Waals surface area contributed by atoms with Crippen molar-refractivity contribution in [3.05, 3.63) is 120 Å². The maximum Gasteiger partial charge on any atom is 0.0943 e. The number of benzene rings is 3. The molecule has 0 aromatic heterocycles. The molecule has 0 spiro atoms. The highest BCUT2D eigenvalue weighted by molar-refractivity contribution is 6.09. The predicted molar refractivity (Wildman–Crippen MR) is 113 cm³/mol. The molecule has 0 amide bonds. The Morgan fingerprint density at radius 1 is 0.741 bits per heavy atom. The zero-order valence-electron chi connectivity index (χ0n) is 16.1. The Hall–Kier alpha value is -3.13. The van der Waals surface area contributed by atoms with E-state index >= 15 is 0 Å². The zero-order valence-corrected chi connectivity index (χ0v) is 16.1. The highest BCUT2D eigenvalue weighted by Gasteiger charge is 2.40. The van der Waals surface area contributed by atoms with E-state index in [2.05, 4.69) is 72.8 Å². The molecule has 3 rings (SSSR count). The SMILES string of the molecule is C/N=C(/C=C(/C)OC)C(c1ccccc1)(c1ccccc1)c1ccccc1. The Morgan fingerprint density at radius 2 is 1.11 bits per heavy atom. The lowest BCUT2D eigenvalue weighted by Crippen LogP contribution is -2.38. The first-order chi connectivity index (χ1) is 13.2. The van der Waals surface area contributed by atoms with Crippen molar-refractivity contribution < 1.29 is 4.74 Å². The lowest BCUT2D eigenvalue weighted by atomic mass is 9.66. The second-order valence-electron chi connectivity index (χ2n) is 6.42. The molecule has 0 atom stereocenters. The molecular formula is C25H25NO. The van der Waals surface area contributed by atoms with Crippen LogP contribution in [0.15, 0.2) is 108 Å². The quantitative estimate of drug-likeness (QED) is 0.318. The molecule has 0 bridgehead atoms. The van der Waals surface area contributed by atoms with E-state index in [0.717, 1.165) is 11.5 Å². The van der Waals surface area contributed by atoms with E-state index in [-0.39, 0.29) is 0 Å². The first kappa shape index (κ1) is 18.7. The fourth-order valence-electron chi connectivity index (χ4n) is 3.60. The number of nitrogens with zero attached hydrogens (tertiary/aromatic N) is 1.